The predicted octanol–water partition coefficient (Wildman–Crippen LogP) is 3.03. The first-order valence-electron chi connectivity index (χ1n) is 7.69. The molecule has 5 heteroatoms. The summed E-state index contributed by atoms with van der Waals surface area (Å²) in [6, 6.07) is 13.1. The van der Waals surface area contributed by atoms with Crippen LogP contribution in [-0.4, -0.2) is 19.1 Å². The maximum Gasteiger partial charge on any atom is 0.229 e. The molecule has 0 saturated carbocycles. The summed E-state index contributed by atoms with van der Waals surface area (Å²) in [4.78, 5) is 14.4. The van der Waals surface area contributed by atoms with E-state index in [1.165, 1.54) is 6.07 Å². The number of para-hydroxylation sites is 2. The van der Waals surface area contributed by atoms with E-state index in [4.69, 9.17) is 10.5 Å². The van der Waals surface area contributed by atoms with E-state index in [1.807, 2.05) is 24.3 Å². The van der Waals surface area contributed by atoms with Crippen molar-refractivity contribution in [1.82, 2.24) is 0 Å². The fourth-order valence-electron chi connectivity index (χ4n) is 2.77. The molecule has 1 heterocycles. The molecule has 4 nitrogen and oxygen atoms in total. The van der Waals surface area contributed by atoms with Gasteiger partial charge in [0.2, 0.25) is 5.91 Å². The minimum atomic E-state index is -0.667. The molecule has 23 heavy (non-hydrogen) atoms. The molecule has 2 aromatic carbocycles. The zero-order valence-electron chi connectivity index (χ0n) is 12.7. The van der Waals surface area contributed by atoms with Crippen LogP contribution in [0.4, 0.5) is 10.1 Å². The molecule has 120 valence electrons. The number of rotatable bonds is 3. The van der Waals surface area contributed by atoms with Crippen LogP contribution in [0.2, 0.25) is 0 Å². The summed E-state index contributed by atoms with van der Waals surface area (Å²) in [6.45, 7) is 1.14. The Morgan fingerprint density at radius 1 is 1.22 bits per heavy atom. The van der Waals surface area contributed by atoms with E-state index in [1.54, 1.807) is 23.1 Å². The quantitative estimate of drug-likeness (QED) is 0.947. The van der Waals surface area contributed by atoms with Crippen LogP contribution in [-0.2, 0) is 4.79 Å². The molecule has 1 aliphatic heterocycles. The molecule has 0 bridgehead atoms. The van der Waals surface area contributed by atoms with Gasteiger partial charge in [-0.25, -0.2) is 4.39 Å². The molecule has 1 atom stereocenters. The van der Waals surface area contributed by atoms with Crippen LogP contribution in [0.25, 0.3) is 0 Å². The minimum Gasteiger partial charge on any atom is -0.491 e. The topological polar surface area (TPSA) is 55.6 Å². The maximum atomic E-state index is 13.8. The third-order valence-corrected chi connectivity index (χ3v) is 3.94. The lowest BCUT2D eigenvalue weighted by Crippen LogP contribution is -2.34. The number of amides is 1. The van der Waals surface area contributed by atoms with Gasteiger partial charge in [-0.2, -0.15) is 0 Å². The second kappa shape index (κ2) is 6.79. The molecule has 2 N–H and O–H groups in total. The van der Waals surface area contributed by atoms with Gasteiger partial charge in [-0.15, -0.1) is 0 Å². The molecule has 0 saturated heterocycles. The number of halogens is 1. The average molecular weight is 314 g/mol. The highest BCUT2D eigenvalue weighted by Gasteiger charge is 2.24. The monoisotopic (exact) mass is 314 g/mol. The lowest BCUT2D eigenvalue weighted by molar-refractivity contribution is -0.119. The molecular formula is C18H19FN2O2. The van der Waals surface area contributed by atoms with Crippen LogP contribution in [0.3, 0.4) is 0 Å². The molecule has 0 aliphatic carbocycles. The first-order chi connectivity index (χ1) is 11.2. The number of nitrogens with two attached hydrogens (primary N) is 1. The Morgan fingerprint density at radius 3 is 2.78 bits per heavy atom. The van der Waals surface area contributed by atoms with E-state index in [0.717, 1.165) is 12.1 Å². The van der Waals surface area contributed by atoms with Gasteiger partial charge in [0.1, 0.15) is 11.6 Å². The summed E-state index contributed by atoms with van der Waals surface area (Å²) in [5.41, 5.74) is 7.15. The lowest BCUT2D eigenvalue weighted by Gasteiger charge is -2.23. The van der Waals surface area contributed by atoms with E-state index in [0.29, 0.717) is 24.5 Å². The van der Waals surface area contributed by atoms with Crippen LogP contribution in [0.1, 0.15) is 24.4 Å². The van der Waals surface area contributed by atoms with Gasteiger partial charge in [0.05, 0.1) is 12.3 Å². The van der Waals surface area contributed by atoms with Gasteiger partial charge in [-0.3, -0.25) is 4.79 Å². The number of nitrogens with zero attached hydrogens (tertiary/aromatic N) is 1. The Balaban J connectivity index is 1.79. The number of fused-ring (bicyclic) bond motifs is 1. The van der Waals surface area contributed by atoms with Gasteiger partial charge in [-0.05, 0) is 24.6 Å². The van der Waals surface area contributed by atoms with Gasteiger partial charge in [0.15, 0.2) is 0 Å². The van der Waals surface area contributed by atoms with Crippen LogP contribution in [0, 0.1) is 5.82 Å². The van der Waals surface area contributed by atoms with Gasteiger partial charge in [0, 0.05) is 24.6 Å². The summed E-state index contributed by atoms with van der Waals surface area (Å²) >= 11 is 0. The number of carbonyl (C=O) groups excluding carboxylic acids is 1. The zero-order valence-corrected chi connectivity index (χ0v) is 12.7. The van der Waals surface area contributed by atoms with Crippen molar-refractivity contribution in [3.8, 4) is 5.75 Å². The Kier molecular flexibility index (Phi) is 4.57. The van der Waals surface area contributed by atoms with Crippen molar-refractivity contribution >= 4 is 11.6 Å². The van der Waals surface area contributed by atoms with Crippen molar-refractivity contribution < 1.29 is 13.9 Å². The van der Waals surface area contributed by atoms with E-state index in [9.17, 15) is 9.18 Å². The van der Waals surface area contributed by atoms with E-state index in [-0.39, 0.29) is 18.1 Å². The Bertz CT molecular complexity index is 705. The van der Waals surface area contributed by atoms with Crippen LogP contribution in [0.5, 0.6) is 5.75 Å². The second-order valence-electron chi connectivity index (χ2n) is 5.55. The Hall–Kier alpha value is -2.40. The third kappa shape index (κ3) is 3.35. The largest absolute Gasteiger partial charge is 0.491 e. The highest BCUT2D eigenvalue weighted by Crippen LogP contribution is 2.31. The predicted molar refractivity (Wildman–Crippen MR) is 86.9 cm³/mol. The second-order valence-corrected chi connectivity index (χ2v) is 5.55. The average Bonchev–Trinajstić information content (AvgIpc) is 2.77. The summed E-state index contributed by atoms with van der Waals surface area (Å²) in [5.74, 6) is 0.184. The molecular weight excluding hydrogens is 295 g/mol. The van der Waals surface area contributed by atoms with Crippen molar-refractivity contribution in [2.24, 2.45) is 5.73 Å². The van der Waals surface area contributed by atoms with Gasteiger partial charge in [-0.1, -0.05) is 30.3 Å². The molecule has 0 spiro atoms. The summed E-state index contributed by atoms with van der Waals surface area (Å²) in [7, 11) is 0. The normalized spacial score (nSPS) is 15.3. The number of hydrogen-bond acceptors (Lipinski definition) is 3. The number of ether oxygens (including phenoxy) is 1. The minimum absolute atomic E-state index is 0.0509. The molecule has 0 aromatic heterocycles. The van der Waals surface area contributed by atoms with Crippen molar-refractivity contribution in [2.75, 3.05) is 18.1 Å². The van der Waals surface area contributed by atoms with E-state index >= 15 is 0 Å². The zero-order chi connectivity index (χ0) is 16.2. The standard InChI is InChI=1S/C18H19FN2O2/c19-14-7-2-1-6-13(14)15(20)12-18(22)21-10-5-11-23-17-9-4-3-8-16(17)21/h1-4,6-9,15H,5,10-12,20H2. The molecule has 0 radical (unpaired) electrons. The van der Waals surface area contributed by atoms with Crippen LogP contribution in [0.15, 0.2) is 48.5 Å². The summed E-state index contributed by atoms with van der Waals surface area (Å²) in [5, 5.41) is 0. The summed E-state index contributed by atoms with van der Waals surface area (Å²) < 4.78 is 19.5. The number of carbonyl (C=O) groups is 1. The Labute approximate surface area is 134 Å². The third-order valence-electron chi connectivity index (χ3n) is 3.94. The van der Waals surface area contributed by atoms with Gasteiger partial charge in [0.25, 0.3) is 0 Å². The van der Waals surface area contributed by atoms with Crippen LogP contribution < -0.4 is 15.4 Å². The SMILES string of the molecule is NC(CC(=O)N1CCCOc2ccccc21)c1ccccc1F. The Morgan fingerprint density at radius 2 is 1.96 bits per heavy atom. The molecule has 1 unspecified atom stereocenters. The number of benzene rings is 2. The molecule has 3 rings (SSSR count). The van der Waals surface area contributed by atoms with Crippen molar-refractivity contribution in [1.29, 1.82) is 0 Å². The van der Waals surface area contributed by atoms with E-state index in [2.05, 4.69) is 0 Å². The van der Waals surface area contributed by atoms with Gasteiger partial charge >= 0.3 is 0 Å². The highest BCUT2D eigenvalue weighted by molar-refractivity contribution is 5.95. The van der Waals surface area contributed by atoms with Gasteiger partial charge < -0.3 is 15.4 Å². The highest BCUT2D eigenvalue weighted by atomic mass is 19.1. The molecule has 1 amide bonds. The lowest BCUT2D eigenvalue weighted by atomic mass is 10.0. The molecule has 2 aromatic rings. The first kappa shape index (κ1) is 15.5. The fraction of sp³-hybridized carbons (Fsp3) is 0.278. The summed E-state index contributed by atoms with van der Waals surface area (Å²) in [6.07, 6.45) is 0.796. The van der Waals surface area contributed by atoms with Crippen LogP contribution >= 0.6 is 0 Å². The number of hydrogen-bond donors (Lipinski definition) is 1. The number of anilines is 1. The maximum absolute atomic E-state index is 13.8. The fourth-order valence-corrected chi connectivity index (χ4v) is 2.77. The van der Waals surface area contributed by atoms with Crippen molar-refractivity contribution in [3.63, 3.8) is 0 Å². The van der Waals surface area contributed by atoms with E-state index < -0.39 is 6.04 Å². The van der Waals surface area contributed by atoms with Crippen molar-refractivity contribution in [2.45, 2.75) is 18.9 Å². The van der Waals surface area contributed by atoms with Crippen molar-refractivity contribution in [3.05, 3.63) is 59.9 Å². The first-order valence-corrected chi connectivity index (χ1v) is 7.69. The molecule has 1 aliphatic rings. The smallest absolute Gasteiger partial charge is 0.229 e. The molecule has 0 fully saturated rings.